The van der Waals surface area contributed by atoms with Crippen molar-refractivity contribution in [2.75, 3.05) is 5.88 Å². The lowest BCUT2D eigenvalue weighted by Crippen LogP contribution is -1.83. The summed E-state index contributed by atoms with van der Waals surface area (Å²) in [5, 5.41) is 0. The van der Waals surface area contributed by atoms with Gasteiger partial charge >= 0.3 is 0 Å². The summed E-state index contributed by atoms with van der Waals surface area (Å²) in [5.41, 5.74) is 1.05. The van der Waals surface area contributed by atoms with Crippen LogP contribution in [0.2, 0.25) is 0 Å². The van der Waals surface area contributed by atoms with E-state index in [0.717, 1.165) is 11.3 Å². The topological polar surface area (TPSA) is 26.0 Å². The van der Waals surface area contributed by atoms with E-state index in [4.69, 9.17) is 16.0 Å². The molecule has 1 aromatic heterocycles. The molecular weight excluding hydrogens is 324 g/mol. The normalized spacial score (nSPS) is 10.5. The molecule has 0 unspecified atom stereocenters. The van der Waals surface area contributed by atoms with Gasteiger partial charge in [-0.3, -0.25) is 0 Å². The Bertz CT molecular complexity index is 438. The average Bonchev–Trinajstić information content (AvgIpc) is 2.68. The SMILES string of the molecule is ClCCc1ncc(-c2ccc(I)cc2)o1. The van der Waals surface area contributed by atoms with Gasteiger partial charge < -0.3 is 4.42 Å². The summed E-state index contributed by atoms with van der Waals surface area (Å²) in [4.78, 5) is 4.15. The number of oxazole rings is 1. The minimum Gasteiger partial charge on any atom is -0.441 e. The highest BCUT2D eigenvalue weighted by atomic mass is 127. The molecule has 0 fully saturated rings. The minimum atomic E-state index is 0.534. The van der Waals surface area contributed by atoms with Gasteiger partial charge in [0.1, 0.15) is 0 Å². The Morgan fingerprint density at radius 3 is 2.67 bits per heavy atom. The fraction of sp³-hybridized carbons (Fsp3) is 0.182. The second-order valence-corrected chi connectivity index (χ2v) is 4.69. The van der Waals surface area contributed by atoms with E-state index in [1.54, 1.807) is 6.20 Å². The molecule has 0 saturated carbocycles. The second kappa shape index (κ2) is 4.99. The van der Waals surface area contributed by atoms with Crippen molar-refractivity contribution in [1.29, 1.82) is 0 Å². The van der Waals surface area contributed by atoms with Crippen molar-refractivity contribution in [1.82, 2.24) is 4.98 Å². The first-order chi connectivity index (χ1) is 7.29. The fourth-order valence-electron chi connectivity index (χ4n) is 1.25. The largest absolute Gasteiger partial charge is 0.441 e. The van der Waals surface area contributed by atoms with Gasteiger partial charge in [-0.2, -0.15) is 0 Å². The molecular formula is C11H9ClINO. The van der Waals surface area contributed by atoms with Crippen LogP contribution in [-0.4, -0.2) is 10.9 Å². The van der Waals surface area contributed by atoms with E-state index >= 15 is 0 Å². The molecule has 0 bridgehead atoms. The van der Waals surface area contributed by atoms with Crippen LogP contribution in [0.25, 0.3) is 11.3 Å². The molecule has 78 valence electrons. The molecule has 0 atom stereocenters. The highest BCUT2D eigenvalue weighted by Crippen LogP contribution is 2.21. The minimum absolute atomic E-state index is 0.534. The maximum atomic E-state index is 5.61. The molecule has 2 aromatic rings. The van der Waals surface area contributed by atoms with Crippen molar-refractivity contribution < 1.29 is 4.42 Å². The number of nitrogens with zero attached hydrogens (tertiary/aromatic N) is 1. The second-order valence-electron chi connectivity index (χ2n) is 3.06. The lowest BCUT2D eigenvalue weighted by Gasteiger charge is -1.95. The molecule has 15 heavy (non-hydrogen) atoms. The van der Waals surface area contributed by atoms with E-state index in [-0.39, 0.29) is 0 Å². The van der Waals surface area contributed by atoms with Gasteiger partial charge in [0.05, 0.1) is 6.20 Å². The molecule has 0 radical (unpaired) electrons. The Labute approximate surface area is 107 Å². The van der Waals surface area contributed by atoms with Crippen molar-refractivity contribution in [2.45, 2.75) is 6.42 Å². The molecule has 1 heterocycles. The Kier molecular flexibility index (Phi) is 3.64. The van der Waals surface area contributed by atoms with Crippen LogP contribution in [0.3, 0.4) is 0 Å². The number of hydrogen-bond acceptors (Lipinski definition) is 2. The van der Waals surface area contributed by atoms with Crippen molar-refractivity contribution in [3.8, 4) is 11.3 Å². The Hall–Kier alpha value is -0.550. The molecule has 0 N–H and O–H groups in total. The Balaban J connectivity index is 2.25. The third-order valence-corrected chi connectivity index (χ3v) is 2.90. The summed E-state index contributed by atoms with van der Waals surface area (Å²) in [6, 6.07) is 8.12. The molecule has 0 aliphatic rings. The van der Waals surface area contributed by atoms with E-state index in [1.165, 1.54) is 3.57 Å². The quantitative estimate of drug-likeness (QED) is 0.632. The van der Waals surface area contributed by atoms with Gasteiger partial charge in [0.15, 0.2) is 11.7 Å². The number of aryl methyl sites for hydroxylation is 1. The van der Waals surface area contributed by atoms with Crippen LogP contribution in [-0.2, 0) is 6.42 Å². The molecule has 0 aliphatic carbocycles. The van der Waals surface area contributed by atoms with Gasteiger partial charge in [0.25, 0.3) is 0 Å². The van der Waals surface area contributed by atoms with Gasteiger partial charge in [-0.15, -0.1) is 11.6 Å². The van der Waals surface area contributed by atoms with Crippen LogP contribution in [0, 0.1) is 3.57 Å². The van der Waals surface area contributed by atoms with Crippen molar-refractivity contribution >= 4 is 34.2 Å². The molecule has 2 nitrogen and oxygen atoms in total. The standard InChI is InChI=1S/C11H9ClINO/c12-6-5-11-14-7-10(15-11)8-1-3-9(13)4-2-8/h1-4,7H,5-6H2. The lowest BCUT2D eigenvalue weighted by atomic mass is 10.2. The summed E-state index contributed by atoms with van der Waals surface area (Å²) in [5.74, 6) is 2.03. The predicted octanol–water partition coefficient (Wildman–Crippen LogP) is 3.73. The summed E-state index contributed by atoms with van der Waals surface area (Å²) in [6.45, 7) is 0. The molecule has 0 spiro atoms. The summed E-state index contributed by atoms with van der Waals surface area (Å²) in [6.07, 6.45) is 2.41. The highest BCUT2D eigenvalue weighted by molar-refractivity contribution is 14.1. The maximum Gasteiger partial charge on any atom is 0.196 e. The van der Waals surface area contributed by atoms with Gasteiger partial charge in [-0.05, 0) is 34.7 Å². The first kappa shape index (κ1) is 11.0. The van der Waals surface area contributed by atoms with Crippen molar-refractivity contribution in [3.63, 3.8) is 0 Å². The van der Waals surface area contributed by atoms with E-state index in [2.05, 4.69) is 27.6 Å². The highest BCUT2D eigenvalue weighted by Gasteiger charge is 2.05. The number of alkyl halides is 1. The Morgan fingerprint density at radius 2 is 2.00 bits per heavy atom. The van der Waals surface area contributed by atoms with Crippen LogP contribution < -0.4 is 0 Å². The molecule has 0 saturated heterocycles. The molecule has 1 aromatic carbocycles. The zero-order valence-electron chi connectivity index (χ0n) is 7.91. The van der Waals surface area contributed by atoms with Crippen LogP contribution in [0.1, 0.15) is 5.89 Å². The van der Waals surface area contributed by atoms with Crippen LogP contribution in [0.4, 0.5) is 0 Å². The summed E-state index contributed by atoms with van der Waals surface area (Å²) >= 11 is 7.88. The molecule has 0 amide bonds. The third-order valence-electron chi connectivity index (χ3n) is 1.99. The zero-order chi connectivity index (χ0) is 10.7. The maximum absolute atomic E-state index is 5.61. The van der Waals surface area contributed by atoms with Gasteiger partial charge in [-0.1, -0.05) is 12.1 Å². The van der Waals surface area contributed by atoms with Gasteiger partial charge in [0, 0.05) is 21.4 Å². The van der Waals surface area contributed by atoms with Crippen molar-refractivity contribution in [2.24, 2.45) is 0 Å². The lowest BCUT2D eigenvalue weighted by molar-refractivity contribution is 0.515. The van der Waals surface area contributed by atoms with Crippen LogP contribution in [0.15, 0.2) is 34.9 Å². The monoisotopic (exact) mass is 333 g/mol. The van der Waals surface area contributed by atoms with E-state index in [0.29, 0.717) is 18.2 Å². The first-order valence-corrected chi connectivity index (χ1v) is 6.17. The number of halogens is 2. The van der Waals surface area contributed by atoms with E-state index in [9.17, 15) is 0 Å². The molecule has 2 rings (SSSR count). The Morgan fingerprint density at radius 1 is 1.27 bits per heavy atom. The molecule has 4 heteroatoms. The molecule has 0 aliphatic heterocycles. The third kappa shape index (κ3) is 2.72. The first-order valence-electron chi connectivity index (χ1n) is 4.56. The number of hydrogen-bond donors (Lipinski definition) is 0. The number of benzene rings is 1. The van der Waals surface area contributed by atoms with Crippen LogP contribution >= 0.6 is 34.2 Å². The summed E-state index contributed by atoms with van der Waals surface area (Å²) in [7, 11) is 0. The van der Waals surface area contributed by atoms with E-state index in [1.807, 2.05) is 24.3 Å². The van der Waals surface area contributed by atoms with Crippen LogP contribution in [0.5, 0.6) is 0 Å². The fourth-order valence-corrected chi connectivity index (χ4v) is 1.78. The summed E-state index contributed by atoms with van der Waals surface area (Å²) < 4.78 is 6.76. The van der Waals surface area contributed by atoms with Gasteiger partial charge in [0.2, 0.25) is 0 Å². The number of rotatable bonds is 3. The predicted molar refractivity (Wildman–Crippen MR) is 69.1 cm³/mol. The smallest absolute Gasteiger partial charge is 0.196 e. The average molecular weight is 334 g/mol. The van der Waals surface area contributed by atoms with E-state index < -0.39 is 0 Å². The number of aromatic nitrogens is 1. The van der Waals surface area contributed by atoms with Crippen molar-refractivity contribution in [3.05, 3.63) is 39.9 Å². The van der Waals surface area contributed by atoms with Gasteiger partial charge in [-0.25, -0.2) is 4.98 Å². The zero-order valence-corrected chi connectivity index (χ0v) is 10.8.